The summed E-state index contributed by atoms with van der Waals surface area (Å²) in [5, 5.41) is 2.98. The van der Waals surface area contributed by atoms with Gasteiger partial charge < -0.3 is 15.1 Å². The number of hydrogen-bond acceptors (Lipinski definition) is 2. The van der Waals surface area contributed by atoms with Gasteiger partial charge in [0.05, 0.1) is 0 Å². The van der Waals surface area contributed by atoms with Gasteiger partial charge in [0.1, 0.15) is 0 Å². The van der Waals surface area contributed by atoms with Crippen LogP contribution in [0.1, 0.15) is 28.8 Å². The molecular formula is C16H23N3O2. The zero-order chi connectivity index (χ0) is 15.4. The molecule has 2 rings (SSSR count). The van der Waals surface area contributed by atoms with Crippen molar-refractivity contribution in [1.82, 2.24) is 15.1 Å². The highest BCUT2D eigenvalue weighted by Gasteiger charge is 2.25. The van der Waals surface area contributed by atoms with Gasteiger partial charge in [-0.3, -0.25) is 4.79 Å². The van der Waals surface area contributed by atoms with E-state index in [4.69, 9.17) is 0 Å². The molecule has 3 amide bonds. The summed E-state index contributed by atoms with van der Waals surface area (Å²) in [4.78, 5) is 27.5. The van der Waals surface area contributed by atoms with Gasteiger partial charge in [-0.05, 0) is 31.4 Å². The zero-order valence-electron chi connectivity index (χ0n) is 12.9. The highest BCUT2D eigenvalue weighted by atomic mass is 16.2. The van der Waals surface area contributed by atoms with Crippen LogP contribution in [0.5, 0.6) is 0 Å². The normalized spacial score (nSPS) is 15.7. The van der Waals surface area contributed by atoms with E-state index in [9.17, 15) is 9.59 Å². The predicted molar refractivity (Wildman–Crippen MR) is 82.3 cm³/mol. The van der Waals surface area contributed by atoms with Gasteiger partial charge in [-0.2, -0.15) is 0 Å². The Kier molecular flexibility index (Phi) is 4.83. The molecule has 1 aliphatic rings. The van der Waals surface area contributed by atoms with Crippen LogP contribution < -0.4 is 5.32 Å². The van der Waals surface area contributed by atoms with Crippen LogP contribution in [0.4, 0.5) is 4.79 Å². The van der Waals surface area contributed by atoms with Crippen LogP contribution in [0.3, 0.4) is 0 Å². The SMILES string of the molecule is Cc1ccccc1C(=O)N1CCC(NC(=O)N(C)C)CC1. The van der Waals surface area contributed by atoms with Gasteiger partial charge in [-0.25, -0.2) is 4.79 Å². The largest absolute Gasteiger partial charge is 0.338 e. The molecule has 0 saturated carbocycles. The minimum absolute atomic E-state index is 0.0707. The lowest BCUT2D eigenvalue weighted by molar-refractivity contribution is 0.0706. The van der Waals surface area contributed by atoms with Crippen molar-refractivity contribution in [3.05, 3.63) is 35.4 Å². The Labute approximate surface area is 125 Å². The first-order valence-corrected chi connectivity index (χ1v) is 7.31. The van der Waals surface area contributed by atoms with Crippen LogP contribution in [-0.2, 0) is 0 Å². The molecule has 5 heteroatoms. The second kappa shape index (κ2) is 6.61. The summed E-state index contributed by atoms with van der Waals surface area (Å²) >= 11 is 0. The fourth-order valence-electron chi connectivity index (χ4n) is 2.51. The minimum Gasteiger partial charge on any atom is -0.338 e. The number of hydrogen-bond donors (Lipinski definition) is 1. The lowest BCUT2D eigenvalue weighted by Crippen LogP contribution is -2.48. The second-order valence-electron chi connectivity index (χ2n) is 5.73. The quantitative estimate of drug-likeness (QED) is 0.903. The number of amides is 3. The van der Waals surface area contributed by atoms with Gasteiger partial charge in [-0.15, -0.1) is 0 Å². The number of piperidine rings is 1. The molecule has 1 N–H and O–H groups in total. The molecule has 1 saturated heterocycles. The molecule has 0 bridgehead atoms. The molecule has 114 valence electrons. The number of nitrogens with zero attached hydrogens (tertiary/aromatic N) is 2. The van der Waals surface area contributed by atoms with E-state index in [0.29, 0.717) is 13.1 Å². The molecule has 0 atom stereocenters. The summed E-state index contributed by atoms with van der Waals surface area (Å²) in [6.07, 6.45) is 1.61. The van der Waals surface area contributed by atoms with Crippen molar-refractivity contribution in [1.29, 1.82) is 0 Å². The van der Waals surface area contributed by atoms with Crippen molar-refractivity contribution in [2.75, 3.05) is 27.2 Å². The fraction of sp³-hybridized carbons (Fsp3) is 0.500. The van der Waals surface area contributed by atoms with Crippen molar-refractivity contribution in [2.45, 2.75) is 25.8 Å². The van der Waals surface area contributed by atoms with Crippen molar-refractivity contribution < 1.29 is 9.59 Å². The van der Waals surface area contributed by atoms with Crippen LogP contribution >= 0.6 is 0 Å². The third kappa shape index (κ3) is 3.74. The molecule has 1 fully saturated rings. The predicted octanol–water partition coefficient (Wildman–Crippen LogP) is 1.87. The van der Waals surface area contributed by atoms with E-state index < -0.39 is 0 Å². The molecule has 1 aromatic rings. The number of aryl methyl sites for hydroxylation is 1. The fourth-order valence-corrected chi connectivity index (χ4v) is 2.51. The van der Waals surface area contributed by atoms with Crippen LogP contribution in [0, 0.1) is 6.92 Å². The third-order valence-electron chi connectivity index (χ3n) is 3.89. The van der Waals surface area contributed by atoms with Gasteiger partial charge in [-0.1, -0.05) is 18.2 Å². The van der Waals surface area contributed by atoms with E-state index in [0.717, 1.165) is 24.0 Å². The summed E-state index contributed by atoms with van der Waals surface area (Å²) in [7, 11) is 3.46. The summed E-state index contributed by atoms with van der Waals surface area (Å²) in [6.45, 7) is 3.33. The van der Waals surface area contributed by atoms with Crippen molar-refractivity contribution in [3.8, 4) is 0 Å². The van der Waals surface area contributed by atoms with Gasteiger partial charge >= 0.3 is 6.03 Å². The number of benzene rings is 1. The Morgan fingerprint density at radius 2 is 1.81 bits per heavy atom. The van der Waals surface area contributed by atoms with Crippen LogP contribution in [-0.4, -0.2) is 55.0 Å². The van der Waals surface area contributed by atoms with Crippen molar-refractivity contribution >= 4 is 11.9 Å². The molecular weight excluding hydrogens is 266 g/mol. The van der Waals surface area contributed by atoms with Gasteiger partial charge in [0.2, 0.25) is 0 Å². The summed E-state index contributed by atoms with van der Waals surface area (Å²) in [6, 6.07) is 7.74. The Morgan fingerprint density at radius 3 is 2.38 bits per heavy atom. The molecule has 0 radical (unpaired) electrons. The zero-order valence-corrected chi connectivity index (χ0v) is 12.9. The molecule has 1 aromatic carbocycles. The maximum Gasteiger partial charge on any atom is 0.317 e. The molecule has 5 nitrogen and oxygen atoms in total. The highest BCUT2D eigenvalue weighted by Crippen LogP contribution is 2.16. The van der Waals surface area contributed by atoms with E-state index in [1.807, 2.05) is 36.1 Å². The van der Waals surface area contributed by atoms with E-state index in [-0.39, 0.29) is 18.0 Å². The van der Waals surface area contributed by atoms with E-state index >= 15 is 0 Å². The number of nitrogens with one attached hydrogen (secondary N) is 1. The monoisotopic (exact) mass is 289 g/mol. The molecule has 1 heterocycles. The molecule has 0 spiro atoms. The van der Waals surface area contributed by atoms with Crippen LogP contribution in [0.2, 0.25) is 0 Å². The topological polar surface area (TPSA) is 52.7 Å². The average Bonchev–Trinajstić information content (AvgIpc) is 2.47. The lowest BCUT2D eigenvalue weighted by atomic mass is 10.0. The van der Waals surface area contributed by atoms with Gasteiger partial charge in [0.25, 0.3) is 5.91 Å². The van der Waals surface area contributed by atoms with E-state index in [2.05, 4.69) is 5.32 Å². The summed E-state index contributed by atoms with van der Waals surface area (Å²) in [5.41, 5.74) is 1.78. The van der Waals surface area contributed by atoms with Crippen LogP contribution in [0.25, 0.3) is 0 Å². The molecule has 1 aliphatic heterocycles. The molecule has 0 aromatic heterocycles. The van der Waals surface area contributed by atoms with Crippen molar-refractivity contribution in [2.24, 2.45) is 0 Å². The second-order valence-corrected chi connectivity index (χ2v) is 5.73. The Bertz CT molecular complexity index is 520. The molecule has 0 aliphatic carbocycles. The minimum atomic E-state index is -0.0707. The maximum absolute atomic E-state index is 12.5. The van der Waals surface area contributed by atoms with E-state index in [1.54, 1.807) is 14.1 Å². The number of carbonyl (C=O) groups excluding carboxylic acids is 2. The van der Waals surface area contributed by atoms with Crippen LogP contribution in [0.15, 0.2) is 24.3 Å². The first kappa shape index (κ1) is 15.4. The van der Waals surface area contributed by atoms with Gasteiger partial charge in [0, 0.05) is 38.8 Å². The number of likely N-dealkylation sites (tertiary alicyclic amines) is 1. The first-order chi connectivity index (χ1) is 9.99. The Hall–Kier alpha value is -2.04. The standard InChI is InChI=1S/C16H23N3O2/c1-12-6-4-5-7-14(12)15(20)19-10-8-13(9-11-19)17-16(21)18(2)3/h4-7,13H,8-11H2,1-3H3,(H,17,21). The van der Waals surface area contributed by atoms with Crippen molar-refractivity contribution in [3.63, 3.8) is 0 Å². The maximum atomic E-state index is 12.5. The third-order valence-corrected chi connectivity index (χ3v) is 3.89. The first-order valence-electron chi connectivity index (χ1n) is 7.31. The number of rotatable bonds is 2. The van der Waals surface area contributed by atoms with E-state index in [1.165, 1.54) is 4.90 Å². The summed E-state index contributed by atoms with van der Waals surface area (Å²) < 4.78 is 0. The Morgan fingerprint density at radius 1 is 1.19 bits per heavy atom. The smallest absolute Gasteiger partial charge is 0.317 e. The highest BCUT2D eigenvalue weighted by molar-refractivity contribution is 5.95. The number of urea groups is 1. The lowest BCUT2D eigenvalue weighted by Gasteiger charge is -2.33. The Balaban J connectivity index is 1.91. The molecule has 21 heavy (non-hydrogen) atoms. The average molecular weight is 289 g/mol. The van der Waals surface area contributed by atoms with Gasteiger partial charge in [0.15, 0.2) is 0 Å². The summed E-state index contributed by atoms with van der Waals surface area (Å²) in [5.74, 6) is 0.0884. The number of carbonyl (C=O) groups is 2. The molecule has 0 unspecified atom stereocenters.